The topological polar surface area (TPSA) is 100 Å². The number of carbonyl (C=O) groups is 1. The number of carbonyl (C=O) groups excluding carboxylic acids is 1. The molecule has 0 aliphatic rings. The largest absolute Gasteiger partial charge is 1.00 e. The monoisotopic (exact) mass is 186 g/mol. The maximum atomic E-state index is 9.60. The second-order valence-electron chi connectivity index (χ2n) is 1.17. The van der Waals surface area contributed by atoms with E-state index in [1.54, 1.807) is 0 Å². The average molecular weight is 186 g/mol. The van der Waals surface area contributed by atoms with E-state index < -0.39 is 22.2 Å². The van der Waals surface area contributed by atoms with E-state index in [2.05, 4.69) is 0 Å². The van der Waals surface area contributed by atoms with Gasteiger partial charge in [0.15, 0.2) is 0 Å². The standard InChI is InChI=1S/C2H6O5S.2Na/c3-2(4)1-8(5,6)7;;/h8H,1H2,(H,3,4)(H2,5,6,7);;/q;2*+1/p-2. The van der Waals surface area contributed by atoms with Gasteiger partial charge in [0.2, 0.25) is 0 Å². The van der Waals surface area contributed by atoms with Crippen molar-refractivity contribution in [3.8, 4) is 0 Å². The molecule has 0 amide bonds. The van der Waals surface area contributed by atoms with Gasteiger partial charge in [0.1, 0.15) is 0 Å². The quantitative estimate of drug-likeness (QED) is 0.329. The zero-order valence-electron chi connectivity index (χ0n) is 5.73. The fraction of sp³-hybridized carbons (Fsp3) is 0.500. The number of thiol groups is 1. The molecule has 0 rings (SSSR count). The van der Waals surface area contributed by atoms with Crippen LogP contribution in [0, 0.1) is 0 Å². The van der Waals surface area contributed by atoms with Crippen LogP contribution in [0.2, 0.25) is 0 Å². The van der Waals surface area contributed by atoms with Crippen LogP contribution in [0.4, 0.5) is 0 Å². The number of carboxylic acids is 1. The SMILES string of the molecule is O=C([O-])C[SH](=O)([O-])O.[Na+].[Na+]. The first kappa shape index (κ1) is 17.6. The molecule has 0 aromatic carbocycles. The minimum Gasteiger partial charge on any atom is -0.771 e. The van der Waals surface area contributed by atoms with Gasteiger partial charge in [-0.2, -0.15) is 0 Å². The van der Waals surface area contributed by atoms with Crippen molar-refractivity contribution in [2.75, 3.05) is 5.75 Å². The van der Waals surface area contributed by atoms with Gasteiger partial charge in [0, 0.05) is 0 Å². The number of rotatable bonds is 2. The van der Waals surface area contributed by atoms with Crippen LogP contribution in [0.15, 0.2) is 0 Å². The van der Waals surface area contributed by atoms with E-state index in [0.717, 1.165) is 0 Å². The Bertz CT molecular complexity index is 141. The molecule has 0 aliphatic carbocycles. The van der Waals surface area contributed by atoms with Crippen LogP contribution >= 0.6 is 0 Å². The van der Waals surface area contributed by atoms with Crippen LogP contribution in [-0.4, -0.2) is 25.0 Å². The molecule has 0 radical (unpaired) electrons. The number of carboxylic acid groups (broad SMARTS) is 1. The molecule has 8 heteroatoms. The smallest absolute Gasteiger partial charge is 0.771 e. The second-order valence-corrected chi connectivity index (χ2v) is 2.76. The molecule has 0 atom stereocenters. The number of aliphatic carboxylic acids is 1. The van der Waals surface area contributed by atoms with Gasteiger partial charge in [-0.05, 0) is 0 Å². The Morgan fingerprint density at radius 2 is 1.80 bits per heavy atom. The first-order valence-electron chi connectivity index (χ1n) is 1.64. The van der Waals surface area contributed by atoms with Crippen LogP contribution in [0.5, 0.6) is 0 Å². The molecule has 0 saturated heterocycles. The van der Waals surface area contributed by atoms with Crippen LogP contribution in [-0.2, 0) is 15.3 Å². The number of hydrogen-bond acceptors (Lipinski definition) is 4. The number of hydrogen-bond donors (Lipinski definition) is 2. The summed E-state index contributed by atoms with van der Waals surface area (Å²) < 4.78 is 27.0. The zero-order valence-corrected chi connectivity index (χ0v) is 10.6. The summed E-state index contributed by atoms with van der Waals surface area (Å²) in [4.78, 5) is 9.37. The van der Waals surface area contributed by atoms with Crippen molar-refractivity contribution in [2.45, 2.75) is 0 Å². The van der Waals surface area contributed by atoms with Crippen molar-refractivity contribution < 1.29 is 82.3 Å². The summed E-state index contributed by atoms with van der Waals surface area (Å²) in [7, 11) is -4.63. The third-order valence-corrected chi connectivity index (χ3v) is 0.987. The van der Waals surface area contributed by atoms with E-state index in [4.69, 9.17) is 4.55 Å². The van der Waals surface area contributed by atoms with Gasteiger partial charge in [-0.25, -0.2) is 0 Å². The van der Waals surface area contributed by atoms with E-state index in [1.165, 1.54) is 0 Å². The van der Waals surface area contributed by atoms with Gasteiger partial charge >= 0.3 is 59.1 Å². The van der Waals surface area contributed by atoms with Crippen LogP contribution < -0.4 is 64.2 Å². The van der Waals surface area contributed by atoms with Crippen molar-refractivity contribution in [3.63, 3.8) is 0 Å². The van der Waals surface area contributed by atoms with E-state index in [1.807, 2.05) is 0 Å². The normalized spacial score (nSPS) is 10.6. The fourth-order valence-corrected chi connectivity index (χ4v) is 0.489. The van der Waals surface area contributed by atoms with E-state index in [-0.39, 0.29) is 59.1 Å². The van der Waals surface area contributed by atoms with Crippen LogP contribution in [0.25, 0.3) is 0 Å². The molecular formula is C2H4Na2O5S. The molecule has 0 aromatic rings. The maximum Gasteiger partial charge on any atom is 1.00 e. The third-order valence-electron chi connectivity index (χ3n) is 0.329. The predicted octanol–water partition coefficient (Wildman–Crippen LogP) is -8.64. The summed E-state index contributed by atoms with van der Waals surface area (Å²) >= 11 is 0. The summed E-state index contributed by atoms with van der Waals surface area (Å²) in [5.41, 5.74) is 0. The molecule has 0 fully saturated rings. The summed E-state index contributed by atoms with van der Waals surface area (Å²) in [6.45, 7) is 0. The molecule has 1 N–H and O–H groups in total. The minimum atomic E-state index is -4.63. The minimum absolute atomic E-state index is 0. The first-order valence-corrected chi connectivity index (χ1v) is 3.41. The first-order chi connectivity index (χ1) is 3.42. The molecule has 50 valence electrons. The fourth-order valence-electron chi connectivity index (χ4n) is 0.163. The van der Waals surface area contributed by atoms with Gasteiger partial charge in [-0.3, -0.25) is 4.21 Å². The predicted molar refractivity (Wildman–Crippen MR) is 22.8 cm³/mol. The molecule has 10 heavy (non-hydrogen) atoms. The average Bonchev–Trinajstić information content (AvgIpc) is 1.21. The molecule has 0 saturated carbocycles. The van der Waals surface area contributed by atoms with Gasteiger partial charge < -0.3 is 19.0 Å². The Morgan fingerprint density at radius 3 is 1.80 bits per heavy atom. The summed E-state index contributed by atoms with van der Waals surface area (Å²) in [6, 6.07) is 0. The molecule has 0 heterocycles. The van der Waals surface area contributed by atoms with Crippen molar-refractivity contribution in [3.05, 3.63) is 0 Å². The molecule has 0 unspecified atom stereocenters. The van der Waals surface area contributed by atoms with Crippen molar-refractivity contribution in [2.24, 2.45) is 0 Å². The van der Waals surface area contributed by atoms with Crippen LogP contribution in [0.3, 0.4) is 0 Å². The summed E-state index contributed by atoms with van der Waals surface area (Å²) in [6.07, 6.45) is 0. The van der Waals surface area contributed by atoms with E-state index >= 15 is 0 Å². The van der Waals surface area contributed by atoms with Gasteiger partial charge in [0.05, 0.1) is 11.7 Å². The Kier molecular flexibility index (Phi) is 12.7. The molecular weight excluding hydrogens is 182 g/mol. The van der Waals surface area contributed by atoms with Crippen LogP contribution in [0.1, 0.15) is 0 Å². The van der Waals surface area contributed by atoms with Crippen molar-refractivity contribution >= 4 is 16.5 Å². The van der Waals surface area contributed by atoms with Crippen molar-refractivity contribution in [1.82, 2.24) is 0 Å². The zero-order chi connectivity index (χ0) is 6.78. The molecule has 0 aromatic heterocycles. The molecule has 0 bridgehead atoms. The molecule has 5 nitrogen and oxygen atoms in total. The maximum absolute atomic E-state index is 9.60. The summed E-state index contributed by atoms with van der Waals surface area (Å²) in [5.74, 6) is -3.11. The van der Waals surface area contributed by atoms with Crippen molar-refractivity contribution in [1.29, 1.82) is 0 Å². The Morgan fingerprint density at radius 1 is 1.50 bits per heavy atom. The van der Waals surface area contributed by atoms with E-state index in [0.29, 0.717) is 0 Å². The Balaban J connectivity index is -0.000000245. The summed E-state index contributed by atoms with van der Waals surface area (Å²) in [5, 5.41) is 9.37. The third kappa shape index (κ3) is 16.3. The van der Waals surface area contributed by atoms with Gasteiger partial charge in [-0.15, -0.1) is 0 Å². The second kappa shape index (κ2) is 7.20. The van der Waals surface area contributed by atoms with E-state index in [9.17, 15) is 18.7 Å². The van der Waals surface area contributed by atoms with Gasteiger partial charge in [0.25, 0.3) is 0 Å². The Labute approximate surface area is 103 Å². The molecule has 0 spiro atoms. The Hall–Kier alpha value is 1.54. The molecule has 0 aliphatic heterocycles. The van der Waals surface area contributed by atoms with Gasteiger partial charge in [-0.1, -0.05) is 10.5 Å².